The Morgan fingerprint density at radius 1 is 1.38 bits per heavy atom. The molecule has 0 unspecified atom stereocenters. The van der Waals surface area contributed by atoms with Gasteiger partial charge in [0.25, 0.3) is 0 Å². The smallest absolute Gasteiger partial charge is 0.243 e. The number of benzene rings is 1. The second-order valence-corrected chi connectivity index (χ2v) is 8.46. The summed E-state index contributed by atoms with van der Waals surface area (Å²) in [6, 6.07) is 2.75. The van der Waals surface area contributed by atoms with Crippen molar-refractivity contribution in [2.45, 2.75) is 45.1 Å². The average molecular weight is 314 g/mol. The van der Waals surface area contributed by atoms with Gasteiger partial charge < -0.3 is 5.73 Å². The van der Waals surface area contributed by atoms with Gasteiger partial charge in [0.1, 0.15) is 5.82 Å². The molecule has 0 aromatic heterocycles. The molecule has 1 fully saturated rings. The predicted molar refractivity (Wildman–Crippen MR) is 80.8 cm³/mol. The lowest BCUT2D eigenvalue weighted by Crippen LogP contribution is -2.43. The van der Waals surface area contributed by atoms with E-state index in [0.29, 0.717) is 18.7 Å². The number of hydrogen-bond acceptors (Lipinski definition) is 3. The van der Waals surface area contributed by atoms with Gasteiger partial charge in [0.05, 0.1) is 4.90 Å². The fraction of sp³-hybridized carbons (Fsp3) is 0.600. The van der Waals surface area contributed by atoms with E-state index in [1.165, 1.54) is 16.4 Å². The Kier molecular flexibility index (Phi) is 4.42. The second-order valence-electron chi connectivity index (χ2n) is 6.52. The molecule has 2 rings (SSSR count). The highest BCUT2D eigenvalue weighted by molar-refractivity contribution is 7.89. The normalized spacial score (nSPS) is 19.7. The van der Waals surface area contributed by atoms with Gasteiger partial charge in [-0.2, -0.15) is 4.31 Å². The zero-order valence-corrected chi connectivity index (χ0v) is 13.6. The van der Waals surface area contributed by atoms with E-state index in [4.69, 9.17) is 5.73 Å². The van der Waals surface area contributed by atoms with Gasteiger partial charge in [-0.3, -0.25) is 0 Å². The van der Waals surface area contributed by atoms with E-state index in [9.17, 15) is 12.8 Å². The van der Waals surface area contributed by atoms with Crippen LogP contribution in [0.15, 0.2) is 17.0 Å². The number of rotatable bonds is 3. The summed E-state index contributed by atoms with van der Waals surface area (Å²) >= 11 is 0. The van der Waals surface area contributed by atoms with Gasteiger partial charge in [-0.25, -0.2) is 12.8 Å². The summed E-state index contributed by atoms with van der Waals surface area (Å²) in [5.74, 6) is -0.421. The van der Waals surface area contributed by atoms with Crippen molar-refractivity contribution in [3.63, 3.8) is 0 Å². The van der Waals surface area contributed by atoms with Crippen molar-refractivity contribution in [3.05, 3.63) is 29.1 Å². The third-order valence-corrected chi connectivity index (χ3v) is 5.85. The Bertz CT molecular complexity index is 641. The van der Waals surface area contributed by atoms with E-state index < -0.39 is 15.8 Å². The molecule has 1 aromatic carbocycles. The molecule has 0 atom stereocenters. The van der Waals surface area contributed by atoms with Gasteiger partial charge in [-0.1, -0.05) is 13.8 Å². The fourth-order valence-electron chi connectivity index (χ4n) is 2.83. The lowest BCUT2D eigenvalue weighted by molar-refractivity contribution is 0.187. The minimum absolute atomic E-state index is 0.0124. The summed E-state index contributed by atoms with van der Waals surface area (Å²) in [4.78, 5) is 0.138. The van der Waals surface area contributed by atoms with Crippen molar-refractivity contribution >= 4 is 10.0 Å². The summed E-state index contributed by atoms with van der Waals surface area (Å²) in [5, 5.41) is 0. The van der Waals surface area contributed by atoms with Crippen LogP contribution in [-0.4, -0.2) is 25.8 Å². The first-order valence-corrected chi connectivity index (χ1v) is 8.61. The Morgan fingerprint density at radius 3 is 2.62 bits per heavy atom. The van der Waals surface area contributed by atoms with Crippen molar-refractivity contribution in [1.29, 1.82) is 0 Å². The van der Waals surface area contributed by atoms with Crippen molar-refractivity contribution in [3.8, 4) is 0 Å². The molecule has 0 aliphatic carbocycles. The molecule has 118 valence electrons. The molecule has 0 spiro atoms. The van der Waals surface area contributed by atoms with Gasteiger partial charge in [0.2, 0.25) is 10.0 Å². The SMILES string of the molecule is Cc1cc(S(=O)(=O)N2CCCC(C)(C)C2)cc(CN)c1F. The Hall–Kier alpha value is -0.980. The standard InChI is InChI=1S/C15H23FN2O2S/c1-11-7-13(8-12(9-17)14(11)16)21(19,20)18-6-4-5-15(2,3)10-18/h7-8H,4-6,9-10,17H2,1-3H3. The molecule has 0 amide bonds. The molecule has 0 bridgehead atoms. The van der Waals surface area contributed by atoms with Crippen LogP contribution in [0.5, 0.6) is 0 Å². The van der Waals surface area contributed by atoms with Gasteiger partial charge in [0.15, 0.2) is 0 Å². The maximum atomic E-state index is 13.8. The number of halogens is 1. The minimum atomic E-state index is -3.59. The van der Waals surface area contributed by atoms with Gasteiger partial charge >= 0.3 is 0 Å². The molecule has 21 heavy (non-hydrogen) atoms. The Labute approximate surface area is 126 Å². The maximum absolute atomic E-state index is 13.8. The quantitative estimate of drug-likeness (QED) is 0.932. The maximum Gasteiger partial charge on any atom is 0.243 e. The van der Waals surface area contributed by atoms with Gasteiger partial charge in [-0.15, -0.1) is 0 Å². The summed E-state index contributed by atoms with van der Waals surface area (Å²) in [5.41, 5.74) is 6.03. The number of aryl methyl sites for hydroxylation is 1. The van der Waals surface area contributed by atoms with Crippen LogP contribution in [0.25, 0.3) is 0 Å². The van der Waals surface area contributed by atoms with Crippen LogP contribution in [0, 0.1) is 18.2 Å². The summed E-state index contributed by atoms with van der Waals surface area (Å²) in [6.45, 7) is 6.69. The van der Waals surface area contributed by atoms with E-state index in [0.717, 1.165) is 12.8 Å². The minimum Gasteiger partial charge on any atom is -0.326 e. The third kappa shape index (κ3) is 3.27. The molecule has 2 N–H and O–H groups in total. The van der Waals surface area contributed by atoms with E-state index >= 15 is 0 Å². The second kappa shape index (κ2) is 5.66. The van der Waals surface area contributed by atoms with E-state index in [1.807, 2.05) is 0 Å². The number of nitrogens with two attached hydrogens (primary N) is 1. The molecule has 6 heteroatoms. The highest BCUT2D eigenvalue weighted by atomic mass is 32.2. The Morgan fingerprint density at radius 2 is 2.05 bits per heavy atom. The zero-order valence-electron chi connectivity index (χ0n) is 12.8. The molecule has 0 saturated carbocycles. The van der Waals surface area contributed by atoms with Crippen LogP contribution in [0.2, 0.25) is 0 Å². The molecule has 4 nitrogen and oxygen atoms in total. The first-order chi connectivity index (χ1) is 9.67. The lowest BCUT2D eigenvalue weighted by atomic mass is 9.85. The van der Waals surface area contributed by atoms with Crippen LogP contribution in [0.3, 0.4) is 0 Å². The lowest BCUT2D eigenvalue weighted by Gasteiger charge is -2.37. The molecule has 0 radical (unpaired) electrons. The highest BCUT2D eigenvalue weighted by Crippen LogP contribution is 2.32. The molecular weight excluding hydrogens is 291 g/mol. The topological polar surface area (TPSA) is 63.4 Å². The molecular formula is C15H23FN2O2S. The first kappa shape index (κ1) is 16.4. The largest absolute Gasteiger partial charge is 0.326 e. The van der Waals surface area contributed by atoms with Gasteiger partial charge in [0, 0.05) is 25.2 Å². The fourth-order valence-corrected chi connectivity index (χ4v) is 4.63. The predicted octanol–water partition coefficient (Wildman–Crippen LogP) is 2.40. The van der Waals surface area contributed by atoms with Crippen molar-refractivity contribution in [2.75, 3.05) is 13.1 Å². The molecule has 1 aliphatic heterocycles. The van der Waals surface area contributed by atoms with Crippen LogP contribution in [0.4, 0.5) is 4.39 Å². The van der Waals surface area contributed by atoms with E-state index in [2.05, 4.69) is 13.8 Å². The number of piperidine rings is 1. The zero-order chi connectivity index (χ0) is 15.8. The average Bonchev–Trinajstić information content (AvgIpc) is 2.40. The first-order valence-electron chi connectivity index (χ1n) is 7.17. The van der Waals surface area contributed by atoms with Crippen LogP contribution in [-0.2, 0) is 16.6 Å². The number of nitrogens with zero attached hydrogens (tertiary/aromatic N) is 1. The van der Waals surface area contributed by atoms with E-state index in [1.54, 1.807) is 6.92 Å². The monoisotopic (exact) mass is 314 g/mol. The number of hydrogen-bond donors (Lipinski definition) is 1. The summed E-state index contributed by atoms with van der Waals surface area (Å²) < 4.78 is 40.9. The summed E-state index contributed by atoms with van der Waals surface area (Å²) in [6.07, 6.45) is 1.85. The molecule has 1 aliphatic rings. The van der Waals surface area contributed by atoms with E-state index in [-0.39, 0.29) is 22.4 Å². The highest BCUT2D eigenvalue weighted by Gasteiger charge is 2.34. The number of sulfonamides is 1. The van der Waals surface area contributed by atoms with Crippen molar-refractivity contribution < 1.29 is 12.8 Å². The Balaban J connectivity index is 2.42. The summed E-state index contributed by atoms with van der Waals surface area (Å²) in [7, 11) is -3.59. The van der Waals surface area contributed by atoms with Crippen LogP contribution in [0.1, 0.15) is 37.8 Å². The third-order valence-electron chi connectivity index (χ3n) is 4.03. The van der Waals surface area contributed by atoms with Crippen molar-refractivity contribution in [1.82, 2.24) is 4.31 Å². The molecule has 1 heterocycles. The van der Waals surface area contributed by atoms with Crippen LogP contribution >= 0.6 is 0 Å². The van der Waals surface area contributed by atoms with Gasteiger partial charge in [-0.05, 0) is 42.9 Å². The van der Waals surface area contributed by atoms with Crippen LogP contribution < -0.4 is 5.73 Å². The molecule has 1 aromatic rings. The van der Waals surface area contributed by atoms with Crippen molar-refractivity contribution in [2.24, 2.45) is 11.1 Å². The molecule has 1 saturated heterocycles.